The van der Waals surface area contributed by atoms with Crippen LogP contribution in [0.25, 0.3) is 0 Å². The fourth-order valence-corrected chi connectivity index (χ4v) is 3.67. The van der Waals surface area contributed by atoms with Crippen LogP contribution in [0.4, 0.5) is 5.69 Å². The number of anilines is 1. The lowest BCUT2D eigenvalue weighted by Crippen LogP contribution is -2.32. The maximum Gasteiger partial charge on any atom is 0.231 e. The lowest BCUT2D eigenvalue weighted by molar-refractivity contribution is -0.117. The van der Waals surface area contributed by atoms with Crippen LogP contribution in [0.1, 0.15) is 15.2 Å². The van der Waals surface area contributed by atoms with Crippen LogP contribution in [-0.4, -0.2) is 18.2 Å². The van der Waals surface area contributed by atoms with Gasteiger partial charge in [-0.05, 0) is 45.8 Å². The van der Waals surface area contributed by atoms with Crippen LogP contribution in [-0.2, 0) is 11.2 Å². The van der Waals surface area contributed by atoms with Gasteiger partial charge in [-0.25, -0.2) is 0 Å². The van der Waals surface area contributed by atoms with Crippen molar-refractivity contribution in [3.8, 4) is 0 Å². The van der Waals surface area contributed by atoms with Crippen molar-refractivity contribution < 1.29 is 9.59 Å². The Morgan fingerprint density at radius 3 is 2.85 bits per heavy atom. The Morgan fingerprint density at radius 2 is 2.15 bits per heavy atom. The van der Waals surface area contributed by atoms with Gasteiger partial charge in [0.2, 0.25) is 5.91 Å². The summed E-state index contributed by atoms with van der Waals surface area (Å²) in [7, 11) is 0. The first kappa shape index (κ1) is 13.8. The predicted molar refractivity (Wildman–Crippen MR) is 83.9 cm³/mol. The molecule has 102 valence electrons. The SMILES string of the molecule is O=C(CN1C(=O)Cc2ccc(Cl)cc21)c1ccc(Br)s1. The summed E-state index contributed by atoms with van der Waals surface area (Å²) < 4.78 is 0.900. The highest BCUT2D eigenvalue weighted by atomic mass is 79.9. The minimum atomic E-state index is -0.0677. The van der Waals surface area contributed by atoms with Gasteiger partial charge in [-0.15, -0.1) is 11.3 Å². The Bertz CT molecular complexity index is 713. The van der Waals surface area contributed by atoms with Gasteiger partial charge < -0.3 is 4.90 Å². The number of benzene rings is 1. The average Bonchev–Trinajstić information content (AvgIpc) is 2.95. The molecule has 0 saturated carbocycles. The van der Waals surface area contributed by atoms with Gasteiger partial charge in [0.1, 0.15) is 0 Å². The number of thiophene rings is 1. The van der Waals surface area contributed by atoms with E-state index in [1.165, 1.54) is 16.2 Å². The number of carbonyl (C=O) groups is 2. The maximum atomic E-state index is 12.2. The Morgan fingerprint density at radius 1 is 1.35 bits per heavy atom. The number of carbonyl (C=O) groups excluding carboxylic acids is 2. The first-order chi connectivity index (χ1) is 9.54. The molecule has 0 atom stereocenters. The molecule has 2 aromatic rings. The number of rotatable bonds is 3. The standard InChI is InChI=1S/C14H9BrClNO2S/c15-13-4-3-12(20-13)11(18)7-17-10-6-9(16)2-1-8(10)5-14(17)19/h1-4,6H,5,7H2. The van der Waals surface area contributed by atoms with E-state index in [-0.39, 0.29) is 18.2 Å². The number of halogens is 2. The molecule has 0 N–H and O–H groups in total. The van der Waals surface area contributed by atoms with Crippen molar-refractivity contribution in [1.29, 1.82) is 0 Å². The van der Waals surface area contributed by atoms with E-state index in [0.717, 1.165) is 15.0 Å². The molecule has 0 fully saturated rings. The van der Waals surface area contributed by atoms with Gasteiger partial charge in [0.05, 0.1) is 21.6 Å². The number of ketones is 1. The summed E-state index contributed by atoms with van der Waals surface area (Å²) in [6, 6.07) is 8.92. The molecule has 0 radical (unpaired) electrons. The first-order valence-electron chi connectivity index (χ1n) is 5.92. The van der Waals surface area contributed by atoms with E-state index in [1.54, 1.807) is 18.2 Å². The van der Waals surface area contributed by atoms with E-state index in [9.17, 15) is 9.59 Å². The predicted octanol–water partition coefficient (Wildman–Crippen LogP) is 3.94. The van der Waals surface area contributed by atoms with Gasteiger partial charge in [-0.3, -0.25) is 9.59 Å². The fraction of sp³-hybridized carbons (Fsp3) is 0.143. The summed E-state index contributed by atoms with van der Waals surface area (Å²) in [4.78, 5) is 26.4. The molecule has 2 heterocycles. The van der Waals surface area contributed by atoms with Gasteiger partial charge in [-0.1, -0.05) is 17.7 Å². The third-order valence-electron chi connectivity index (χ3n) is 3.13. The van der Waals surface area contributed by atoms with E-state index in [4.69, 9.17) is 11.6 Å². The van der Waals surface area contributed by atoms with Crippen LogP contribution in [0.15, 0.2) is 34.1 Å². The lowest BCUT2D eigenvalue weighted by atomic mass is 10.2. The Balaban J connectivity index is 1.87. The number of nitrogens with zero attached hydrogens (tertiary/aromatic N) is 1. The molecule has 0 spiro atoms. The molecule has 1 aromatic heterocycles. The highest BCUT2D eigenvalue weighted by Crippen LogP contribution is 2.32. The molecule has 3 nitrogen and oxygen atoms in total. The molecule has 1 aromatic carbocycles. The second-order valence-corrected chi connectivity index (χ2v) is 7.36. The van der Waals surface area contributed by atoms with E-state index in [2.05, 4.69) is 15.9 Å². The van der Waals surface area contributed by atoms with Crippen molar-refractivity contribution >= 4 is 56.2 Å². The Labute approximate surface area is 133 Å². The van der Waals surface area contributed by atoms with E-state index < -0.39 is 0 Å². The third-order valence-corrected chi connectivity index (χ3v) is 5.03. The quantitative estimate of drug-likeness (QED) is 0.768. The van der Waals surface area contributed by atoms with E-state index >= 15 is 0 Å². The van der Waals surface area contributed by atoms with Crippen LogP contribution in [0.5, 0.6) is 0 Å². The summed E-state index contributed by atoms with van der Waals surface area (Å²) >= 11 is 10.7. The first-order valence-corrected chi connectivity index (χ1v) is 7.90. The minimum absolute atomic E-state index is 0.0547. The van der Waals surface area contributed by atoms with Crippen molar-refractivity contribution in [2.24, 2.45) is 0 Å². The molecular formula is C14H9BrClNO2S. The third kappa shape index (κ3) is 2.53. The van der Waals surface area contributed by atoms with Crippen LogP contribution in [0, 0.1) is 0 Å². The van der Waals surface area contributed by atoms with E-state index in [0.29, 0.717) is 16.3 Å². The van der Waals surface area contributed by atoms with Crippen LogP contribution < -0.4 is 4.90 Å². The van der Waals surface area contributed by atoms with E-state index in [1.807, 2.05) is 12.1 Å². The number of Topliss-reactive ketones (excluding diaryl/α,β-unsaturated/α-hetero) is 1. The highest BCUT2D eigenvalue weighted by molar-refractivity contribution is 9.11. The summed E-state index contributed by atoms with van der Waals surface area (Å²) in [6.45, 7) is 0.0547. The minimum Gasteiger partial charge on any atom is -0.304 e. The fourth-order valence-electron chi connectivity index (χ4n) is 2.19. The zero-order valence-electron chi connectivity index (χ0n) is 10.2. The van der Waals surface area contributed by atoms with Gasteiger partial charge in [0, 0.05) is 10.7 Å². The number of hydrogen-bond acceptors (Lipinski definition) is 3. The van der Waals surface area contributed by atoms with Gasteiger partial charge in [-0.2, -0.15) is 0 Å². The lowest BCUT2D eigenvalue weighted by Gasteiger charge is -2.16. The topological polar surface area (TPSA) is 37.4 Å². The Kier molecular flexibility index (Phi) is 3.67. The molecule has 0 bridgehead atoms. The van der Waals surface area contributed by atoms with Gasteiger partial charge in [0.15, 0.2) is 5.78 Å². The molecule has 1 amide bonds. The monoisotopic (exact) mass is 369 g/mol. The van der Waals surface area contributed by atoms with Crippen LogP contribution in [0.3, 0.4) is 0 Å². The molecule has 1 aliphatic rings. The summed E-state index contributed by atoms with van der Waals surface area (Å²) in [5, 5.41) is 0.565. The maximum absolute atomic E-state index is 12.2. The van der Waals surface area contributed by atoms with Crippen molar-refractivity contribution in [1.82, 2.24) is 0 Å². The van der Waals surface area contributed by atoms with Crippen molar-refractivity contribution in [3.05, 3.63) is 49.6 Å². The van der Waals surface area contributed by atoms with Crippen molar-refractivity contribution in [3.63, 3.8) is 0 Å². The zero-order valence-corrected chi connectivity index (χ0v) is 13.4. The summed E-state index contributed by atoms with van der Waals surface area (Å²) in [5.74, 6) is -0.131. The number of amides is 1. The summed E-state index contributed by atoms with van der Waals surface area (Å²) in [6.07, 6.45) is 0.327. The van der Waals surface area contributed by atoms with Crippen LogP contribution in [0.2, 0.25) is 5.02 Å². The second-order valence-electron chi connectivity index (χ2n) is 4.46. The zero-order chi connectivity index (χ0) is 14.3. The van der Waals surface area contributed by atoms with Gasteiger partial charge >= 0.3 is 0 Å². The number of hydrogen-bond donors (Lipinski definition) is 0. The number of fused-ring (bicyclic) bond motifs is 1. The Hall–Kier alpha value is -1.17. The van der Waals surface area contributed by atoms with Crippen molar-refractivity contribution in [2.45, 2.75) is 6.42 Å². The van der Waals surface area contributed by atoms with Gasteiger partial charge in [0.25, 0.3) is 0 Å². The summed E-state index contributed by atoms with van der Waals surface area (Å²) in [5.41, 5.74) is 1.66. The molecule has 20 heavy (non-hydrogen) atoms. The normalized spacial score (nSPS) is 13.7. The largest absolute Gasteiger partial charge is 0.304 e. The van der Waals surface area contributed by atoms with Crippen molar-refractivity contribution in [2.75, 3.05) is 11.4 Å². The van der Waals surface area contributed by atoms with Crippen LogP contribution >= 0.6 is 38.9 Å². The molecule has 6 heteroatoms. The highest BCUT2D eigenvalue weighted by Gasteiger charge is 2.29. The molecule has 3 rings (SSSR count). The molecule has 0 unspecified atom stereocenters. The smallest absolute Gasteiger partial charge is 0.231 e. The average molecular weight is 371 g/mol. The molecule has 0 aliphatic carbocycles. The molecule has 0 saturated heterocycles. The molecular weight excluding hydrogens is 362 g/mol. The molecule has 1 aliphatic heterocycles. The second kappa shape index (κ2) is 5.31.